The molecule has 1 aliphatic heterocycles. The van der Waals surface area contributed by atoms with Crippen molar-refractivity contribution in [3.8, 4) is 29.7 Å². The molecule has 1 aromatic carbocycles. The maximum absolute atomic E-state index is 9.54. The number of methoxy groups -OCH3 is 2. The number of thioether (sulfide) groups is 1. The summed E-state index contributed by atoms with van der Waals surface area (Å²) in [4.78, 5) is -1.53. The summed E-state index contributed by atoms with van der Waals surface area (Å²) in [7, 11) is 2.93. The van der Waals surface area contributed by atoms with E-state index in [-0.39, 0.29) is 35.0 Å². The summed E-state index contributed by atoms with van der Waals surface area (Å²) in [6.07, 6.45) is 0. The van der Waals surface area contributed by atoms with Crippen LogP contribution in [0.5, 0.6) is 11.5 Å². The molecule has 0 saturated heterocycles. The average molecular weight is 384 g/mol. The summed E-state index contributed by atoms with van der Waals surface area (Å²) >= 11 is 1.08. The van der Waals surface area contributed by atoms with Gasteiger partial charge in [-0.25, -0.2) is 0 Å². The first-order valence-corrected chi connectivity index (χ1v) is 8.63. The molecule has 2 rings (SSSR count). The molecule has 27 heavy (non-hydrogen) atoms. The zero-order chi connectivity index (χ0) is 20.0. The molecule has 1 aliphatic rings. The van der Waals surface area contributed by atoms with E-state index in [1.807, 2.05) is 6.07 Å². The van der Waals surface area contributed by atoms with Gasteiger partial charge in [0, 0.05) is 5.75 Å². The number of hydrogen-bond acceptors (Lipinski definition) is 9. The second-order valence-electron chi connectivity index (χ2n) is 5.18. The van der Waals surface area contributed by atoms with Gasteiger partial charge in [-0.2, -0.15) is 15.8 Å². The fourth-order valence-electron chi connectivity index (χ4n) is 2.71. The van der Waals surface area contributed by atoms with Gasteiger partial charge in [-0.05, 0) is 18.2 Å². The molecule has 0 spiro atoms. The van der Waals surface area contributed by atoms with Gasteiger partial charge in [0.05, 0.1) is 32.0 Å². The Hall–Kier alpha value is -3.32. The van der Waals surface area contributed by atoms with Crippen molar-refractivity contribution in [2.24, 2.45) is 5.73 Å². The first-order chi connectivity index (χ1) is 13.0. The van der Waals surface area contributed by atoms with Crippen LogP contribution in [0.4, 0.5) is 0 Å². The maximum Gasteiger partial charge on any atom is 0.214 e. The molecule has 0 unspecified atom stereocenters. The van der Waals surface area contributed by atoms with Crippen molar-refractivity contribution >= 4 is 11.8 Å². The Morgan fingerprint density at radius 1 is 1.26 bits per heavy atom. The van der Waals surface area contributed by atoms with Crippen LogP contribution in [0.2, 0.25) is 0 Å². The molecule has 0 aliphatic carbocycles. The Morgan fingerprint density at radius 3 is 2.48 bits per heavy atom. The smallest absolute Gasteiger partial charge is 0.214 e. The topological polar surface area (TPSA) is 145 Å². The minimum atomic E-state index is -1.53. The van der Waals surface area contributed by atoms with Gasteiger partial charge in [0.1, 0.15) is 40.9 Å². The van der Waals surface area contributed by atoms with E-state index >= 15 is 0 Å². The predicted octanol–water partition coefficient (Wildman–Crippen LogP) is 1.65. The van der Waals surface area contributed by atoms with Crippen molar-refractivity contribution in [2.75, 3.05) is 26.6 Å². The van der Waals surface area contributed by atoms with Crippen molar-refractivity contribution in [3.05, 3.63) is 46.4 Å². The summed E-state index contributed by atoms with van der Waals surface area (Å²) in [5.41, 5.74) is 5.91. The lowest BCUT2D eigenvalue weighted by Gasteiger charge is -2.32. The van der Waals surface area contributed by atoms with Crippen molar-refractivity contribution in [3.63, 3.8) is 0 Å². The van der Waals surface area contributed by atoms with Crippen molar-refractivity contribution in [1.29, 1.82) is 15.8 Å². The molecule has 1 heterocycles. The van der Waals surface area contributed by atoms with E-state index in [1.54, 1.807) is 30.3 Å². The largest absolute Gasteiger partial charge is 0.497 e. The van der Waals surface area contributed by atoms with Crippen LogP contribution in [0.25, 0.3) is 0 Å². The Bertz CT molecular complexity index is 920. The van der Waals surface area contributed by atoms with Gasteiger partial charge in [-0.1, -0.05) is 0 Å². The number of allylic oxidation sites excluding steroid dienone is 1. The second kappa shape index (κ2) is 8.37. The van der Waals surface area contributed by atoms with E-state index in [1.165, 1.54) is 14.2 Å². The summed E-state index contributed by atoms with van der Waals surface area (Å²) in [5, 5.41) is 37.8. The molecule has 0 aromatic heterocycles. The van der Waals surface area contributed by atoms with Crippen LogP contribution >= 0.6 is 11.8 Å². The van der Waals surface area contributed by atoms with E-state index < -0.39 is 4.93 Å². The van der Waals surface area contributed by atoms with E-state index in [4.69, 9.17) is 19.9 Å². The number of aliphatic hydroxyl groups excluding tert-OH is 1. The Labute approximate surface area is 160 Å². The number of nitrogens with zero attached hydrogens (tertiary/aromatic N) is 3. The zero-order valence-electron chi connectivity index (χ0n) is 14.6. The van der Waals surface area contributed by atoms with Gasteiger partial charge in [0.2, 0.25) is 10.8 Å². The first kappa shape index (κ1) is 20.0. The third-order valence-corrected chi connectivity index (χ3v) is 5.12. The SMILES string of the molecule is COc1ccc(OC)c([C@]2(SCCO)OC(N)=C(C#N)C2=C(C#N)C#N)c1. The molecule has 0 radical (unpaired) electrons. The molecule has 1 aromatic rings. The third-order valence-electron chi connectivity index (χ3n) is 3.82. The predicted molar refractivity (Wildman–Crippen MR) is 96.9 cm³/mol. The quantitative estimate of drug-likeness (QED) is 0.699. The Kier molecular flexibility index (Phi) is 6.20. The number of benzene rings is 1. The normalized spacial score (nSPS) is 18.1. The van der Waals surface area contributed by atoms with E-state index in [9.17, 15) is 20.9 Å². The van der Waals surface area contributed by atoms with Crippen LogP contribution in [-0.4, -0.2) is 31.7 Å². The molecule has 3 N–H and O–H groups in total. The van der Waals surface area contributed by atoms with Crippen LogP contribution in [-0.2, 0) is 9.67 Å². The highest BCUT2D eigenvalue weighted by molar-refractivity contribution is 8.00. The summed E-state index contributed by atoms with van der Waals surface area (Å²) in [5.74, 6) is 0.809. The van der Waals surface area contributed by atoms with E-state index in [0.29, 0.717) is 17.1 Å². The number of nitrogens with two attached hydrogens (primary N) is 1. The van der Waals surface area contributed by atoms with Crippen LogP contribution < -0.4 is 15.2 Å². The molecule has 0 saturated carbocycles. The third kappa shape index (κ3) is 3.37. The lowest BCUT2D eigenvalue weighted by atomic mass is 9.92. The van der Waals surface area contributed by atoms with Gasteiger partial charge in [-0.3, -0.25) is 0 Å². The zero-order valence-corrected chi connectivity index (χ0v) is 15.5. The maximum atomic E-state index is 9.54. The molecule has 8 nitrogen and oxygen atoms in total. The van der Waals surface area contributed by atoms with Crippen LogP contribution in [0, 0.1) is 34.0 Å². The Morgan fingerprint density at radius 2 is 1.96 bits per heavy atom. The summed E-state index contributed by atoms with van der Waals surface area (Å²) in [6.45, 7) is -0.203. The molecule has 0 fully saturated rings. The van der Waals surface area contributed by atoms with Gasteiger partial charge in [-0.15, -0.1) is 11.8 Å². The highest BCUT2D eigenvalue weighted by atomic mass is 32.2. The number of nitriles is 3. The van der Waals surface area contributed by atoms with E-state index in [2.05, 4.69) is 0 Å². The molecule has 0 bridgehead atoms. The van der Waals surface area contributed by atoms with Crippen LogP contribution in [0.15, 0.2) is 40.8 Å². The van der Waals surface area contributed by atoms with Crippen molar-refractivity contribution in [1.82, 2.24) is 0 Å². The fourth-order valence-corrected chi connectivity index (χ4v) is 3.90. The van der Waals surface area contributed by atoms with E-state index in [0.717, 1.165) is 11.8 Å². The number of hydrogen-bond donors (Lipinski definition) is 2. The summed E-state index contributed by atoms with van der Waals surface area (Å²) in [6, 6.07) is 10.4. The van der Waals surface area contributed by atoms with Gasteiger partial charge in [0.15, 0.2) is 0 Å². The first-order valence-electron chi connectivity index (χ1n) is 7.64. The molecular weight excluding hydrogens is 368 g/mol. The number of aliphatic hydroxyl groups is 1. The second-order valence-corrected chi connectivity index (χ2v) is 6.45. The molecule has 138 valence electrons. The monoisotopic (exact) mass is 384 g/mol. The minimum absolute atomic E-state index is 0.0255. The van der Waals surface area contributed by atoms with Gasteiger partial charge < -0.3 is 25.1 Å². The molecule has 0 amide bonds. The van der Waals surface area contributed by atoms with Gasteiger partial charge in [0.25, 0.3) is 0 Å². The Balaban J connectivity index is 2.91. The standard InChI is InChI=1S/C18H16N4O4S/c1-24-12-3-4-15(25-2)14(7-12)18(27-6-5-23)16(11(8-19)9-20)13(10-21)17(22)26-18/h3-4,7,23H,5-6,22H2,1-2H3/t18-/m1/s1. The number of ether oxygens (including phenoxy) is 3. The molecule has 1 atom stereocenters. The lowest BCUT2D eigenvalue weighted by molar-refractivity contribution is 0.130. The molecule has 9 heteroatoms. The van der Waals surface area contributed by atoms with Crippen molar-refractivity contribution in [2.45, 2.75) is 4.93 Å². The van der Waals surface area contributed by atoms with Crippen LogP contribution in [0.1, 0.15) is 5.56 Å². The highest BCUT2D eigenvalue weighted by Gasteiger charge is 2.51. The number of rotatable bonds is 6. The highest BCUT2D eigenvalue weighted by Crippen LogP contribution is 2.56. The van der Waals surface area contributed by atoms with Crippen LogP contribution in [0.3, 0.4) is 0 Å². The minimum Gasteiger partial charge on any atom is -0.497 e. The summed E-state index contributed by atoms with van der Waals surface area (Å²) < 4.78 is 16.6. The molecular formula is C18H16N4O4S. The van der Waals surface area contributed by atoms with Crippen molar-refractivity contribution < 1.29 is 19.3 Å². The fraction of sp³-hybridized carbons (Fsp3) is 0.278. The van der Waals surface area contributed by atoms with Gasteiger partial charge >= 0.3 is 0 Å². The lowest BCUT2D eigenvalue weighted by Crippen LogP contribution is -2.28. The average Bonchev–Trinajstić information content (AvgIpc) is 2.99.